The van der Waals surface area contributed by atoms with Gasteiger partial charge in [-0.3, -0.25) is 19.3 Å². The SMILES string of the molecule is CCCCCCCCOc1ccc(/C=C2/SC(=O)N(CC(=O)O)C2=O)cc1. The van der Waals surface area contributed by atoms with Gasteiger partial charge < -0.3 is 9.84 Å². The fourth-order valence-electron chi connectivity index (χ4n) is 2.66. The van der Waals surface area contributed by atoms with Crippen molar-refractivity contribution in [1.82, 2.24) is 4.90 Å². The summed E-state index contributed by atoms with van der Waals surface area (Å²) in [4.78, 5) is 35.6. The van der Waals surface area contributed by atoms with Gasteiger partial charge in [-0.1, -0.05) is 51.2 Å². The lowest BCUT2D eigenvalue weighted by molar-refractivity contribution is -0.140. The zero-order chi connectivity index (χ0) is 19.6. The summed E-state index contributed by atoms with van der Waals surface area (Å²) >= 11 is 0.752. The average molecular weight is 391 g/mol. The highest BCUT2D eigenvalue weighted by atomic mass is 32.2. The number of thioether (sulfide) groups is 1. The molecule has 146 valence electrons. The first-order valence-electron chi connectivity index (χ1n) is 9.21. The molecule has 0 atom stereocenters. The van der Waals surface area contributed by atoms with Crippen molar-refractivity contribution >= 4 is 35.0 Å². The zero-order valence-electron chi connectivity index (χ0n) is 15.5. The highest BCUT2D eigenvalue weighted by Gasteiger charge is 2.36. The minimum absolute atomic E-state index is 0.224. The van der Waals surface area contributed by atoms with E-state index in [1.165, 1.54) is 32.1 Å². The number of hydrogen-bond donors (Lipinski definition) is 1. The Morgan fingerprint density at radius 2 is 1.78 bits per heavy atom. The van der Waals surface area contributed by atoms with E-state index in [2.05, 4.69) is 6.92 Å². The number of imide groups is 1. The molecule has 6 nitrogen and oxygen atoms in total. The normalized spacial score (nSPS) is 15.6. The number of nitrogens with zero attached hydrogens (tertiary/aromatic N) is 1. The van der Waals surface area contributed by atoms with E-state index in [1.807, 2.05) is 24.3 Å². The Morgan fingerprint density at radius 1 is 1.11 bits per heavy atom. The maximum atomic E-state index is 12.1. The number of rotatable bonds is 11. The topological polar surface area (TPSA) is 83.9 Å². The Morgan fingerprint density at radius 3 is 2.44 bits per heavy atom. The summed E-state index contributed by atoms with van der Waals surface area (Å²) < 4.78 is 5.72. The van der Waals surface area contributed by atoms with Crippen LogP contribution in [-0.2, 0) is 9.59 Å². The second-order valence-corrected chi connectivity index (χ2v) is 7.34. The van der Waals surface area contributed by atoms with Crippen molar-refractivity contribution in [2.75, 3.05) is 13.2 Å². The van der Waals surface area contributed by atoms with Gasteiger partial charge in [0.15, 0.2) is 0 Å². The molecule has 0 radical (unpaired) electrons. The standard InChI is InChI=1S/C20H25NO5S/c1-2-3-4-5-6-7-12-26-16-10-8-15(9-11-16)13-17-19(24)21(14-18(22)23)20(25)27-17/h8-11,13H,2-7,12,14H2,1H3,(H,22,23)/b17-13+. The van der Waals surface area contributed by atoms with Gasteiger partial charge >= 0.3 is 5.97 Å². The molecule has 1 aromatic carbocycles. The molecular weight excluding hydrogens is 366 g/mol. The molecular formula is C20H25NO5S. The number of aliphatic carboxylic acids is 1. The number of carbonyl (C=O) groups excluding carboxylic acids is 2. The maximum Gasteiger partial charge on any atom is 0.323 e. The molecule has 1 saturated heterocycles. The summed E-state index contributed by atoms with van der Waals surface area (Å²) in [6.07, 6.45) is 8.85. The second kappa shape index (κ2) is 10.8. The Labute approximate surface area is 163 Å². The highest BCUT2D eigenvalue weighted by Crippen LogP contribution is 2.32. The van der Waals surface area contributed by atoms with Gasteiger partial charge in [0.1, 0.15) is 12.3 Å². The van der Waals surface area contributed by atoms with Gasteiger partial charge in [0.25, 0.3) is 11.1 Å². The van der Waals surface area contributed by atoms with Crippen molar-refractivity contribution < 1.29 is 24.2 Å². The van der Waals surface area contributed by atoms with Crippen LogP contribution in [-0.4, -0.2) is 40.3 Å². The van der Waals surface area contributed by atoms with Gasteiger partial charge in [0, 0.05) is 0 Å². The van der Waals surface area contributed by atoms with Crippen LogP contribution in [0.15, 0.2) is 29.2 Å². The molecule has 1 aliphatic heterocycles. The maximum absolute atomic E-state index is 12.1. The summed E-state index contributed by atoms with van der Waals surface area (Å²) in [7, 11) is 0. The summed E-state index contributed by atoms with van der Waals surface area (Å²) in [6.45, 7) is 2.26. The van der Waals surface area contributed by atoms with Gasteiger partial charge in [0.2, 0.25) is 0 Å². The van der Waals surface area contributed by atoms with Gasteiger partial charge in [-0.05, 0) is 42.0 Å². The van der Waals surface area contributed by atoms with Gasteiger partial charge in [0.05, 0.1) is 11.5 Å². The monoisotopic (exact) mass is 391 g/mol. The third kappa shape index (κ3) is 6.75. The van der Waals surface area contributed by atoms with Crippen LogP contribution >= 0.6 is 11.8 Å². The van der Waals surface area contributed by atoms with E-state index in [-0.39, 0.29) is 4.91 Å². The fourth-order valence-corrected chi connectivity index (χ4v) is 3.49. The third-order valence-electron chi connectivity index (χ3n) is 4.11. The average Bonchev–Trinajstić information content (AvgIpc) is 2.89. The molecule has 1 N–H and O–H groups in total. The quantitative estimate of drug-likeness (QED) is 0.440. The van der Waals surface area contributed by atoms with Crippen LogP contribution in [0.25, 0.3) is 6.08 Å². The predicted molar refractivity (Wildman–Crippen MR) is 106 cm³/mol. The second-order valence-electron chi connectivity index (χ2n) is 6.35. The zero-order valence-corrected chi connectivity index (χ0v) is 16.3. The molecule has 1 fully saturated rings. The van der Waals surface area contributed by atoms with Crippen molar-refractivity contribution in [3.8, 4) is 5.75 Å². The molecule has 0 aliphatic carbocycles. The number of carbonyl (C=O) groups is 3. The smallest absolute Gasteiger partial charge is 0.323 e. The van der Waals surface area contributed by atoms with Gasteiger partial charge in [-0.15, -0.1) is 0 Å². The third-order valence-corrected chi connectivity index (χ3v) is 5.02. The van der Waals surface area contributed by atoms with Crippen molar-refractivity contribution in [2.45, 2.75) is 45.4 Å². The largest absolute Gasteiger partial charge is 0.494 e. The van der Waals surface area contributed by atoms with Crippen molar-refractivity contribution in [2.24, 2.45) is 0 Å². The van der Waals surface area contributed by atoms with E-state index in [0.29, 0.717) is 6.61 Å². The van der Waals surface area contributed by atoms with Crippen LogP contribution in [0.1, 0.15) is 51.0 Å². The molecule has 2 rings (SSSR count). The lowest BCUT2D eigenvalue weighted by atomic mass is 10.1. The van der Waals surface area contributed by atoms with Crippen LogP contribution in [0.5, 0.6) is 5.75 Å². The first-order valence-corrected chi connectivity index (χ1v) is 10.0. The molecule has 0 bridgehead atoms. The Hall–Kier alpha value is -2.28. The number of ether oxygens (including phenoxy) is 1. The van der Waals surface area contributed by atoms with Gasteiger partial charge in [-0.25, -0.2) is 0 Å². The number of hydrogen-bond acceptors (Lipinski definition) is 5. The number of carboxylic acid groups (broad SMARTS) is 1. The molecule has 1 aromatic rings. The summed E-state index contributed by atoms with van der Waals surface area (Å²) in [5.41, 5.74) is 0.753. The van der Waals surface area contributed by atoms with Crippen LogP contribution in [0.2, 0.25) is 0 Å². The minimum Gasteiger partial charge on any atom is -0.494 e. The molecule has 27 heavy (non-hydrogen) atoms. The Kier molecular flexibility index (Phi) is 8.39. The first kappa shape index (κ1) is 21.0. The molecule has 0 aromatic heterocycles. The van der Waals surface area contributed by atoms with E-state index >= 15 is 0 Å². The molecule has 7 heteroatoms. The van der Waals surface area contributed by atoms with Crippen molar-refractivity contribution in [3.63, 3.8) is 0 Å². The minimum atomic E-state index is -1.22. The number of unbranched alkanes of at least 4 members (excludes halogenated alkanes) is 5. The molecule has 2 amide bonds. The fraction of sp³-hybridized carbons (Fsp3) is 0.450. The summed E-state index contributed by atoms with van der Waals surface area (Å²) in [5, 5.41) is 8.21. The lowest BCUT2D eigenvalue weighted by Gasteiger charge is -2.08. The number of benzene rings is 1. The van der Waals surface area contributed by atoms with E-state index < -0.39 is 23.7 Å². The summed E-state index contributed by atoms with van der Waals surface area (Å²) in [6, 6.07) is 7.26. The van der Waals surface area contributed by atoms with Crippen LogP contribution < -0.4 is 4.74 Å². The van der Waals surface area contributed by atoms with Crippen LogP contribution in [0.3, 0.4) is 0 Å². The Bertz CT molecular complexity index is 699. The molecule has 0 unspecified atom stereocenters. The number of amides is 2. The van der Waals surface area contributed by atoms with Crippen molar-refractivity contribution in [3.05, 3.63) is 34.7 Å². The highest BCUT2D eigenvalue weighted by molar-refractivity contribution is 8.18. The van der Waals surface area contributed by atoms with E-state index in [1.54, 1.807) is 6.08 Å². The van der Waals surface area contributed by atoms with Crippen LogP contribution in [0, 0.1) is 0 Å². The predicted octanol–water partition coefficient (Wildman–Crippen LogP) is 4.55. The number of carboxylic acids is 1. The summed E-state index contributed by atoms with van der Waals surface area (Å²) in [5.74, 6) is -1.03. The van der Waals surface area contributed by atoms with E-state index in [4.69, 9.17) is 9.84 Å². The Balaban J connectivity index is 1.83. The van der Waals surface area contributed by atoms with Gasteiger partial charge in [-0.2, -0.15) is 0 Å². The van der Waals surface area contributed by atoms with Crippen molar-refractivity contribution in [1.29, 1.82) is 0 Å². The molecule has 1 heterocycles. The van der Waals surface area contributed by atoms with E-state index in [9.17, 15) is 14.4 Å². The van der Waals surface area contributed by atoms with E-state index in [0.717, 1.165) is 34.4 Å². The lowest BCUT2D eigenvalue weighted by Crippen LogP contribution is -2.33. The molecule has 0 spiro atoms. The molecule has 1 aliphatic rings. The molecule has 0 saturated carbocycles. The first-order chi connectivity index (χ1) is 13.0. The van der Waals surface area contributed by atoms with Crippen LogP contribution in [0.4, 0.5) is 4.79 Å².